The summed E-state index contributed by atoms with van der Waals surface area (Å²) in [7, 11) is 0. The van der Waals surface area contributed by atoms with Crippen molar-refractivity contribution in [1.82, 2.24) is 5.32 Å². The molecule has 1 saturated carbocycles. The topological polar surface area (TPSA) is 75.4 Å². The molecule has 22 heavy (non-hydrogen) atoms. The number of amides is 1. The number of aliphatic hydroxyl groups is 1. The second kappa shape index (κ2) is 8.39. The molecule has 0 heterocycles. The second-order valence-electron chi connectivity index (χ2n) is 6.39. The molecule has 2 unspecified atom stereocenters. The number of aliphatic hydroxyl groups excluding tert-OH is 1. The van der Waals surface area contributed by atoms with Crippen LogP contribution in [0.1, 0.15) is 44.6 Å². The largest absolute Gasteiger partial charge is 0.399 e. The van der Waals surface area contributed by atoms with Crippen LogP contribution in [0.25, 0.3) is 0 Å². The summed E-state index contributed by atoms with van der Waals surface area (Å²) < 4.78 is 0. The summed E-state index contributed by atoms with van der Waals surface area (Å²) in [4.78, 5) is 12.0. The summed E-state index contributed by atoms with van der Waals surface area (Å²) >= 11 is 0. The monoisotopic (exact) mass is 326 g/mol. The van der Waals surface area contributed by atoms with Gasteiger partial charge in [0.05, 0.1) is 6.10 Å². The zero-order valence-electron chi connectivity index (χ0n) is 13.2. The first-order valence-corrected chi connectivity index (χ1v) is 7.79. The number of hydrogen-bond donors (Lipinski definition) is 3. The summed E-state index contributed by atoms with van der Waals surface area (Å²) in [6.07, 6.45) is 4.80. The summed E-state index contributed by atoms with van der Waals surface area (Å²) in [5.74, 6) is 0.0252. The predicted molar refractivity (Wildman–Crippen MR) is 92.0 cm³/mol. The van der Waals surface area contributed by atoms with Crippen molar-refractivity contribution < 1.29 is 9.90 Å². The third kappa shape index (κ3) is 4.89. The van der Waals surface area contributed by atoms with Crippen LogP contribution in [0.15, 0.2) is 24.3 Å². The normalized spacial score (nSPS) is 24.4. The summed E-state index contributed by atoms with van der Waals surface area (Å²) in [6, 6.07) is 7.63. The maximum Gasteiger partial charge on any atom is 0.220 e. The van der Waals surface area contributed by atoms with Gasteiger partial charge in [-0.3, -0.25) is 4.79 Å². The lowest BCUT2D eigenvalue weighted by molar-refractivity contribution is -0.122. The third-order valence-electron chi connectivity index (χ3n) is 4.65. The first-order valence-electron chi connectivity index (χ1n) is 7.79. The van der Waals surface area contributed by atoms with Crippen molar-refractivity contribution >= 4 is 24.0 Å². The maximum absolute atomic E-state index is 12.0. The van der Waals surface area contributed by atoms with Crippen LogP contribution in [0.3, 0.4) is 0 Å². The molecule has 0 aliphatic heterocycles. The van der Waals surface area contributed by atoms with Gasteiger partial charge < -0.3 is 16.2 Å². The summed E-state index contributed by atoms with van der Waals surface area (Å²) in [5.41, 5.74) is 7.44. The smallest absolute Gasteiger partial charge is 0.220 e. The highest BCUT2D eigenvalue weighted by atomic mass is 35.5. The van der Waals surface area contributed by atoms with Gasteiger partial charge in [0.15, 0.2) is 0 Å². The Kier molecular flexibility index (Phi) is 7.17. The predicted octanol–water partition coefficient (Wildman–Crippen LogP) is 2.68. The van der Waals surface area contributed by atoms with Crippen molar-refractivity contribution in [1.29, 1.82) is 0 Å². The molecule has 1 aliphatic carbocycles. The molecule has 1 aromatic carbocycles. The highest BCUT2D eigenvalue weighted by Crippen LogP contribution is 2.35. The van der Waals surface area contributed by atoms with E-state index in [0.29, 0.717) is 19.4 Å². The Balaban J connectivity index is 0.00000242. The lowest BCUT2D eigenvalue weighted by atomic mass is 9.73. The molecule has 1 aliphatic rings. The molecule has 4 nitrogen and oxygen atoms in total. The van der Waals surface area contributed by atoms with Gasteiger partial charge in [-0.15, -0.1) is 12.4 Å². The Morgan fingerprint density at radius 1 is 1.41 bits per heavy atom. The molecule has 0 aromatic heterocycles. The number of anilines is 1. The lowest BCUT2D eigenvalue weighted by Crippen LogP contribution is -2.45. The van der Waals surface area contributed by atoms with Crippen LogP contribution in [0, 0.1) is 5.41 Å². The Morgan fingerprint density at radius 3 is 2.82 bits per heavy atom. The molecule has 1 fully saturated rings. The van der Waals surface area contributed by atoms with E-state index < -0.39 is 0 Å². The number of halogens is 1. The number of nitrogens with one attached hydrogen (secondary N) is 1. The van der Waals surface area contributed by atoms with E-state index in [4.69, 9.17) is 5.73 Å². The quantitative estimate of drug-likeness (QED) is 0.728. The number of rotatable bonds is 5. The fourth-order valence-electron chi connectivity index (χ4n) is 2.99. The van der Waals surface area contributed by atoms with E-state index in [1.807, 2.05) is 24.3 Å². The fourth-order valence-corrected chi connectivity index (χ4v) is 2.99. The van der Waals surface area contributed by atoms with Gasteiger partial charge in [-0.2, -0.15) is 0 Å². The molecular weight excluding hydrogens is 300 g/mol. The van der Waals surface area contributed by atoms with Crippen molar-refractivity contribution in [2.75, 3.05) is 12.3 Å². The average Bonchev–Trinajstić information content (AvgIpc) is 2.48. The van der Waals surface area contributed by atoms with Crippen LogP contribution in [0.5, 0.6) is 0 Å². The number of nitrogens with two attached hydrogens (primary N) is 1. The van der Waals surface area contributed by atoms with Crippen molar-refractivity contribution in [2.24, 2.45) is 5.41 Å². The Morgan fingerprint density at radius 2 is 2.14 bits per heavy atom. The Bertz CT molecular complexity index is 495. The Hall–Kier alpha value is -1.26. The number of aryl methyl sites for hydroxylation is 1. The van der Waals surface area contributed by atoms with E-state index in [9.17, 15) is 9.90 Å². The number of benzene rings is 1. The van der Waals surface area contributed by atoms with Crippen LogP contribution in [-0.4, -0.2) is 23.7 Å². The number of nitrogen functional groups attached to an aromatic ring is 1. The van der Waals surface area contributed by atoms with Gasteiger partial charge in [0.1, 0.15) is 0 Å². The molecule has 0 bridgehead atoms. The van der Waals surface area contributed by atoms with Gasteiger partial charge in [0.2, 0.25) is 5.91 Å². The zero-order chi connectivity index (χ0) is 15.3. The van der Waals surface area contributed by atoms with Crippen molar-refractivity contribution in [3.05, 3.63) is 29.8 Å². The first kappa shape index (κ1) is 18.8. The Labute approximate surface area is 138 Å². The standard InChI is InChI=1S/C17H26N2O2.ClH/c1-17(11-5-4-8-15(17)20)12-19-16(21)10-9-13-6-2-3-7-14(13)18;/h2-3,6-7,15,20H,4-5,8-12,18H2,1H3,(H,19,21);1H. The van der Waals surface area contributed by atoms with Crippen LogP contribution in [0.2, 0.25) is 0 Å². The molecule has 124 valence electrons. The zero-order valence-corrected chi connectivity index (χ0v) is 14.0. The summed E-state index contributed by atoms with van der Waals surface area (Å²) in [6.45, 7) is 2.61. The number of carbonyl (C=O) groups excluding carboxylic acids is 1. The van der Waals surface area contributed by atoms with E-state index in [-0.39, 0.29) is 29.8 Å². The van der Waals surface area contributed by atoms with E-state index in [0.717, 1.165) is 36.9 Å². The lowest BCUT2D eigenvalue weighted by Gasteiger charge is -2.38. The number of hydrogen-bond acceptors (Lipinski definition) is 3. The molecule has 1 amide bonds. The van der Waals surface area contributed by atoms with E-state index in [1.165, 1.54) is 0 Å². The maximum atomic E-state index is 12.0. The number of para-hydroxylation sites is 1. The SMILES string of the molecule is CC1(CNC(=O)CCc2ccccc2N)CCCCC1O.Cl. The minimum absolute atomic E-state index is 0. The van der Waals surface area contributed by atoms with Gasteiger partial charge in [0.25, 0.3) is 0 Å². The van der Waals surface area contributed by atoms with Gasteiger partial charge in [-0.05, 0) is 30.9 Å². The van der Waals surface area contributed by atoms with Crippen molar-refractivity contribution in [3.8, 4) is 0 Å². The minimum atomic E-state index is -0.309. The fraction of sp³-hybridized carbons (Fsp3) is 0.588. The average molecular weight is 327 g/mol. The van der Waals surface area contributed by atoms with Crippen LogP contribution < -0.4 is 11.1 Å². The van der Waals surface area contributed by atoms with Crippen LogP contribution in [-0.2, 0) is 11.2 Å². The van der Waals surface area contributed by atoms with Crippen molar-refractivity contribution in [2.45, 2.75) is 51.6 Å². The van der Waals surface area contributed by atoms with Crippen LogP contribution >= 0.6 is 12.4 Å². The van der Waals surface area contributed by atoms with Crippen LogP contribution in [0.4, 0.5) is 5.69 Å². The van der Waals surface area contributed by atoms with E-state index >= 15 is 0 Å². The molecule has 2 atom stereocenters. The molecule has 5 heteroatoms. The molecular formula is C17H27ClN2O2. The van der Waals surface area contributed by atoms with Gasteiger partial charge >= 0.3 is 0 Å². The molecule has 1 aromatic rings. The molecule has 2 rings (SSSR count). The molecule has 4 N–H and O–H groups in total. The first-order chi connectivity index (χ1) is 10.0. The van der Waals surface area contributed by atoms with Gasteiger partial charge in [-0.25, -0.2) is 0 Å². The molecule has 0 saturated heterocycles. The summed E-state index contributed by atoms with van der Waals surface area (Å²) in [5, 5.41) is 13.1. The van der Waals surface area contributed by atoms with Gasteiger partial charge in [-0.1, -0.05) is 38.0 Å². The second-order valence-corrected chi connectivity index (χ2v) is 6.39. The highest BCUT2D eigenvalue weighted by molar-refractivity contribution is 5.85. The third-order valence-corrected chi connectivity index (χ3v) is 4.65. The highest BCUT2D eigenvalue weighted by Gasteiger charge is 2.35. The minimum Gasteiger partial charge on any atom is -0.399 e. The molecule has 0 spiro atoms. The number of carbonyl (C=O) groups is 1. The van der Waals surface area contributed by atoms with E-state index in [2.05, 4.69) is 12.2 Å². The molecule has 0 radical (unpaired) electrons. The van der Waals surface area contributed by atoms with Crippen molar-refractivity contribution in [3.63, 3.8) is 0 Å². The van der Waals surface area contributed by atoms with Gasteiger partial charge in [0, 0.05) is 24.1 Å². The van der Waals surface area contributed by atoms with E-state index in [1.54, 1.807) is 0 Å².